The minimum atomic E-state index is 1.10. The van der Waals surface area contributed by atoms with Gasteiger partial charge in [-0.05, 0) is 209 Å². The number of fused-ring (bicyclic) bond motifs is 9. The highest BCUT2D eigenvalue weighted by Crippen LogP contribution is 2.40. The van der Waals surface area contributed by atoms with E-state index in [0.717, 1.165) is 43.9 Å². The third-order valence-electron chi connectivity index (χ3n) is 20.5. The van der Waals surface area contributed by atoms with Crippen LogP contribution in [0.4, 0.5) is 0 Å². The van der Waals surface area contributed by atoms with Gasteiger partial charge < -0.3 is 0 Å². The molecule has 0 N–H and O–H groups in total. The predicted octanol–water partition coefficient (Wildman–Crippen LogP) is 24.7. The van der Waals surface area contributed by atoms with E-state index in [0.29, 0.717) is 0 Å². The molecular weight excluding hydrogens is 1090 g/mol. The van der Waals surface area contributed by atoms with Crippen LogP contribution in [-0.4, -0.2) is 0 Å². The Kier molecular flexibility index (Phi) is 25.4. The standard InChI is InChI=1S/C14H12.C13H10.C10H18.C10H12.C9H10.C9H8.2C8H8.C5H10.C5H6/c1-2-6-12-10-14-8-4-3-7-13(14)9-11(12)5-1;1-3-7-12-10(5-1)9-11-6-2-4-8-13(11)12;2*1-2-6-10-8-4-3-7-9(10)5-1;2*1-2-5-9-7-3-6-8(9)4-1;2*1-3-7-5-2-6-8(7)4-1;2*1-2-4-5-3-1/h1-8H,9-10H2;1-8H,9H2;9-10H,1-8H2;1-2,5-6H,3-4,7-8H2;1-2,4-5H,3,6-7H2;1-6H,7H2;1-3,6H,4-5H2;1-3,5H,4,6H2;1-5H2;1-4H,5H2. The fraction of sp³-hybridized carbons (Fsp3) is 0.341. The zero-order chi connectivity index (χ0) is 61.8. The Morgan fingerprint density at radius 1 is 0.242 bits per heavy atom. The number of hydrogen-bond acceptors (Lipinski definition) is 0. The topological polar surface area (TPSA) is 0 Å². The van der Waals surface area contributed by atoms with Gasteiger partial charge in [0.15, 0.2) is 0 Å². The second-order valence-corrected chi connectivity index (χ2v) is 26.8. The third kappa shape index (κ3) is 19.6. The largest absolute Gasteiger partial charge is 0.0808 e. The molecule has 13 aliphatic carbocycles. The smallest absolute Gasteiger partial charge is 0.00135 e. The van der Waals surface area contributed by atoms with Crippen molar-refractivity contribution in [2.75, 3.05) is 0 Å². The van der Waals surface area contributed by atoms with Crippen molar-refractivity contribution in [1.82, 2.24) is 0 Å². The zero-order valence-corrected chi connectivity index (χ0v) is 54.9. The zero-order valence-electron chi connectivity index (χ0n) is 54.9. The molecule has 3 saturated carbocycles. The highest BCUT2D eigenvalue weighted by molar-refractivity contribution is 5.76. The molecule has 7 aromatic rings. The molecule has 0 nitrogen and oxygen atoms in total. The van der Waals surface area contributed by atoms with Crippen molar-refractivity contribution in [3.8, 4) is 11.1 Å². The summed E-state index contributed by atoms with van der Waals surface area (Å²) in [4.78, 5) is 0. The minimum absolute atomic E-state index is 1.10. The highest BCUT2D eigenvalue weighted by Gasteiger charge is 2.27. The van der Waals surface area contributed by atoms with Gasteiger partial charge in [-0.1, -0.05) is 344 Å². The Morgan fingerprint density at radius 2 is 0.582 bits per heavy atom. The van der Waals surface area contributed by atoms with E-state index in [1.807, 2.05) is 0 Å². The fourth-order valence-electron chi connectivity index (χ4n) is 15.4. The summed E-state index contributed by atoms with van der Waals surface area (Å²) >= 11 is 0. The highest BCUT2D eigenvalue weighted by atomic mass is 14.3. The summed E-state index contributed by atoms with van der Waals surface area (Å²) in [6.45, 7) is 0. The van der Waals surface area contributed by atoms with Crippen LogP contribution >= 0.6 is 0 Å². The summed E-state index contributed by atoms with van der Waals surface area (Å²) in [7, 11) is 0. The quantitative estimate of drug-likeness (QED) is 0.142. The monoisotopic (exact) mass is 1190 g/mol. The molecule has 0 heterocycles. The number of rotatable bonds is 0. The first kappa shape index (κ1) is 64.7. The normalized spacial score (nSPS) is 19.3. The van der Waals surface area contributed by atoms with E-state index < -0.39 is 0 Å². The predicted molar refractivity (Wildman–Crippen MR) is 393 cm³/mol. The molecule has 0 heteroatoms. The van der Waals surface area contributed by atoms with Crippen molar-refractivity contribution in [2.24, 2.45) is 11.8 Å². The Labute approximate surface area is 549 Å². The van der Waals surface area contributed by atoms with E-state index in [1.165, 1.54) is 201 Å². The van der Waals surface area contributed by atoms with Gasteiger partial charge in [0.2, 0.25) is 0 Å². The molecule has 0 saturated heterocycles. The van der Waals surface area contributed by atoms with Crippen molar-refractivity contribution in [3.05, 3.63) is 338 Å². The number of aryl methyl sites for hydroxylation is 4. The molecule has 7 aromatic carbocycles. The maximum absolute atomic E-state index is 2.26. The van der Waals surface area contributed by atoms with E-state index in [9.17, 15) is 0 Å². The maximum atomic E-state index is 2.26. The molecule has 0 atom stereocenters. The van der Waals surface area contributed by atoms with E-state index in [1.54, 1.807) is 53.5 Å². The van der Waals surface area contributed by atoms with Gasteiger partial charge in [-0.15, -0.1) is 0 Å². The minimum Gasteiger partial charge on any atom is -0.0808 e. The van der Waals surface area contributed by atoms with Gasteiger partial charge in [-0.2, -0.15) is 0 Å². The van der Waals surface area contributed by atoms with Gasteiger partial charge in [0.05, 0.1) is 0 Å². The summed E-state index contributed by atoms with van der Waals surface area (Å²) in [6, 6.07) is 60.8. The molecule has 0 unspecified atom stereocenters. The summed E-state index contributed by atoms with van der Waals surface area (Å²) < 4.78 is 0. The van der Waals surface area contributed by atoms with Gasteiger partial charge in [0.25, 0.3) is 0 Å². The number of benzene rings is 7. The van der Waals surface area contributed by atoms with Gasteiger partial charge in [0.1, 0.15) is 0 Å². The van der Waals surface area contributed by atoms with Crippen molar-refractivity contribution < 1.29 is 0 Å². The molecule has 466 valence electrons. The van der Waals surface area contributed by atoms with Crippen LogP contribution in [0.1, 0.15) is 202 Å². The van der Waals surface area contributed by atoms with E-state index in [2.05, 4.69) is 255 Å². The van der Waals surface area contributed by atoms with Gasteiger partial charge in [-0.25, -0.2) is 0 Å². The maximum Gasteiger partial charge on any atom is -0.00135 e. The molecular formula is C91H102. The van der Waals surface area contributed by atoms with Crippen molar-refractivity contribution in [1.29, 1.82) is 0 Å². The lowest BCUT2D eigenvalue weighted by Gasteiger charge is -2.35. The molecule has 0 radical (unpaired) electrons. The number of allylic oxidation sites excluding steroid dienone is 17. The lowest BCUT2D eigenvalue weighted by atomic mass is 9.71. The van der Waals surface area contributed by atoms with Crippen LogP contribution in [0.5, 0.6) is 0 Å². The Bertz CT molecular complexity index is 3440. The SMILES string of the molecule is C1=CC2=C(C1)CC=C2.C1=CC2=C(C=CC2)C1.C1=CCC=C1.C1=Cc2ccccc2C1.C1CCC2CCCCC2C1.C1CCCC1.c1ccc2c(c1)CCC2.c1ccc2c(c1)CCCC2.c1ccc2c(c1)Cc1ccccc1-2.c1ccc2c(c1)Cc1ccccc1C2. The lowest BCUT2D eigenvalue weighted by Crippen LogP contribution is -2.22. The summed E-state index contributed by atoms with van der Waals surface area (Å²) in [6.07, 6.45) is 70.0. The van der Waals surface area contributed by atoms with Gasteiger partial charge >= 0.3 is 0 Å². The Balaban J connectivity index is 0.000000105. The van der Waals surface area contributed by atoms with Crippen LogP contribution in [0.25, 0.3) is 17.2 Å². The molecule has 3 fully saturated rings. The van der Waals surface area contributed by atoms with E-state index in [4.69, 9.17) is 0 Å². The molecule has 0 bridgehead atoms. The third-order valence-corrected chi connectivity index (χ3v) is 20.5. The summed E-state index contributed by atoms with van der Waals surface area (Å²) in [5, 5.41) is 0. The molecule has 13 aliphatic rings. The second kappa shape index (κ2) is 35.7. The van der Waals surface area contributed by atoms with E-state index in [-0.39, 0.29) is 0 Å². The first-order valence-corrected chi connectivity index (χ1v) is 35.8. The summed E-state index contributed by atoms with van der Waals surface area (Å²) in [5.74, 6) is 2.31. The van der Waals surface area contributed by atoms with Gasteiger partial charge in [-0.3, -0.25) is 0 Å². The molecule has 0 spiro atoms. The molecule has 0 amide bonds. The van der Waals surface area contributed by atoms with Crippen LogP contribution in [-0.2, 0) is 51.4 Å². The Hall–Kier alpha value is -7.80. The van der Waals surface area contributed by atoms with Crippen molar-refractivity contribution >= 4 is 6.08 Å². The molecule has 0 aliphatic heterocycles. The van der Waals surface area contributed by atoms with Crippen molar-refractivity contribution in [3.63, 3.8) is 0 Å². The van der Waals surface area contributed by atoms with E-state index >= 15 is 0 Å². The molecule has 0 aromatic heterocycles. The van der Waals surface area contributed by atoms with Crippen LogP contribution in [0.15, 0.2) is 271 Å². The van der Waals surface area contributed by atoms with Crippen LogP contribution in [0.2, 0.25) is 0 Å². The van der Waals surface area contributed by atoms with Crippen LogP contribution in [0, 0.1) is 11.8 Å². The molecule has 20 rings (SSSR count). The second-order valence-electron chi connectivity index (χ2n) is 26.8. The van der Waals surface area contributed by atoms with Crippen LogP contribution < -0.4 is 0 Å². The van der Waals surface area contributed by atoms with Crippen molar-refractivity contribution in [2.45, 2.75) is 186 Å². The van der Waals surface area contributed by atoms with Crippen LogP contribution in [0.3, 0.4) is 0 Å². The average Bonchev–Trinajstić information content (AvgIpc) is 1.94. The first-order valence-electron chi connectivity index (χ1n) is 35.8. The average molecular weight is 1200 g/mol. The lowest BCUT2D eigenvalue weighted by molar-refractivity contribution is 0.171. The number of hydrogen-bond donors (Lipinski definition) is 0. The Morgan fingerprint density at radius 3 is 0.978 bits per heavy atom. The fourth-order valence-corrected chi connectivity index (χ4v) is 15.4. The van der Waals surface area contributed by atoms with Gasteiger partial charge in [0, 0.05) is 0 Å². The summed E-state index contributed by atoms with van der Waals surface area (Å²) in [5.41, 5.74) is 27.0. The first-order chi connectivity index (χ1) is 45.2. The molecule has 91 heavy (non-hydrogen) atoms.